The molecule has 0 atom stereocenters. The quantitative estimate of drug-likeness (QED) is 0.667. The van der Waals surface area contributed by atoms with E-state index in [1.54, 1.807) is 0 Å². The molecule has 0 saturated heterocycles. The summed E-state index contributed by atoms with van der Waals surface area (Å²) in [6.45, 7) is 1.84. The molecule has 2 rings (SSSR count). The van der Waals surface area contributed by atoms with E-state index in [2.05, 4.69) is 9.71 Å². The van der Waals surface area contributed by atoms with Gasteiger partial charge in [-0.1, -0.05) is 6.07 Å². The molecule has 0 amide bonds. The monoisotopic (exact) mass is 198 g/mol. The van der Waals surface area contributed by atoms with Crippen LogP contribution in [-0.2, 0) is 16.4 Å². The Hall–Kier alpha value is -1.10. The molecule has 0 saturated carbocycles. The number of hydrogen-bond acceptors (Lipinski definition) is 3. The predicted molar refractivity (Wildman–Crippen MR) is 50.1 cm³/mol. The second kappa shape index (κ2) is 2.70. The summed E-state index contributed by atoms with van der Waals surface area (Å²) < 4.78 is 24.8. The van der Waals surface area contributed by atoms with Crippen LogP contribution in [0.4, 0.5) is 5.82 Å². The van der Waals surface area contributed by atoms with Gasteiger partial charge >= 0.3 is 0 Å². The Kier molecular flexibility index (Phi) is 1.76. The molecular weight excluding hydrogens is 188 g/mol. The summed E-state index contributed by atoms with van der Waals surface area (Å²) in [5.41, 5.74) is 1.80. The van der Waals surface area contributed by atoms with Crippen LogP contribution >= 0.6 is 0 Å². The molecule has 1 N–H and O–H groups in total. The predicted octanol–water partition coefficient (Wildman–Crippen LogP) is 0.688. The van der Waals surface area contributed by atoms with Crippen LogP contribution in [0.3, 0.4) is 0 Å². The number of pyridine rings is 1. The molecule has 0 unspecified atom stereocenters. The molecule has 1 aromatic rings. The zero-order valence-corrected chi connectivity index (χ0v) is 8.06. The average molecular weight is 198 g/mol. The van der Waals surface area contributed by atoms with Crippen LogP contribution in [0.5, 0.6) is 0 Å². The third-order valence-electron chi connectivity index (χ3n) is 2.01. The summed E-state index contributed by atoms with van der Waals surface area (Å²) in [5.74, 6) is 0.649. The molecule has 2 heterocycles. The van der Waals surface area contributed by atoms with Crippen LogP contribution < -0.4 is 4.72 Å². The summed E-state index contributed by atoms with van der Waals surface area (Å²) >= 11 is 0. The molecule has 0 aliphatic carbocycles. The minimum atomic E-state index is -3.13. The number of sulfonamides is 1. The molecule has 4 nitrogen and oxygen atoms in total. The lowest BCUT2D eigenvalue weighted by Gasteiger charge is -2.16. The van der Waals surface area contributed by atoms with Crippen LogP contribution in [0.2, 0.25) is 0 Å². The lowest BCUT2D eigenvalue weighted by atomic mass is 10.2. The number of aryl methyl sites for hydroxylation is 2. The van der Waals surface area contributed by atoms with Crippen molar-refractivity contribution in [3.63, 3.8) is 0 Å². The van der Waals surface area contributed by atoms with Crippen molar-refractivity contribution < 1.29 is 8.42 Å². The van der Waals surface area contributed by atoms with Gasteiger partial charge in [0.25, 0.3) is 0 Å². The van der Waals surface area contributed by atoms with Gasteiger partial charge in [0.1, 0.15) is 5.82 Å². The normalized spacial score (nSPS) is 18.8. The lowest BCUT2D eigenvalue weighted by Crippen LogP contribution is -2.25. The van der Waals surface area contributed by atoms with E-state index >= 15 is 0 Å². The van der Waals surface area contributed by atoms with Gasteiger partial charge in [-0.25, -0.2) is 13.4 Å². The smallest absolute Gasteiger partial charge is 0.234 e. The average Bonchev–Trinajstić information content (AvgIpc) is 2.01. The van der Waals surface area contributed by atoms with Gasteiger partial charge in [0.15, 0.2) is 0 Å². The van der Waals surface area contributed by atoms with Crippen molar-refractivity contribution in [2.24, 2.45) is 0 Å². The maximum atomic E-state index is 11.2. The van der Waals surface area contributed by atoms with Gasteiger partial charge in [-0.2, -0.15) is 0 Å². The summed E-state index contributed by atoms with van der Waals surface area (Å²) in [6, 6.07) is 3.80. The number of anilines is 1. The Bertz CT molecular complexity index is 439. The summed E-state index contributed by atoms with van der Waals surface area (Å²) in [7, 11) is -3.13. The standard InChI is InChI=1S/C8H10N2O2S/c1-6-2-3-7-4-5-13(11,12)10-8(7)9-6/h2-3H,4-5H2,1H3,(H,9,10). The van der Waals surface area contributed by atoms with Gasteiger partial charge in [0.05, 0.1) is 5.75 Å². The Morgan fingerprint density at radius 2 is 2.23 bits per heavy atom. The fraction of sp³-hybridized carbons (Fsp3) is 0.375. The van der Waals surface area contributed by atoms with Gasteiger partial charge in [-0.3, -0.25) is 4.72 Å². The third kappa shape index (κ3) is 1.65. The minimum absolute atomic E-state index is 0.157. The first-order valence-electron chi connectivity index (χ1n) is 4.04. The first-order chi connectivity index (χ1) is 6.07. The van der Waals surface area contributed by atoms with Crippen LogP contribution in [0.25, 0.3) is 0 Å². The highest BCUT2D eigenvalue weighted by Crippen LogP contribution is 2.20. The number of fused-ring (bicyclic) bond motifs is 1. The van der Waals surface area contributed by atoms with Crippen LogP contribution in [0.15, 0.2) is 12.1 Å². The molecule has 13 heavy (non-hydrogen) atoms. The summed E-state index contributed by atoms with van der Waals surface area (Å²) in [4.78, 5) is 4.12. The maximum absolute atomic E-state index is 11.2. The first-order valence-corrected chi connectivity index (χ1v) is 5.69. The SMILES string of the molecule is Cc1ccc2c(n1)NS(=O)(=O)CC2. The molecule has 1 aromatic heterocycles. The maximum Gasteiger partial charge on any atom is 0.234 e. The number of hydrogen-bond donors (Lipinski definition) is 1. The number of nitrogens with one attached hydrogen (secondary N) is 1. The van der Waals surface area contributed by atoms with E-state index in [4.69, 9.17) is 0 Å². The highest BCUT2D eigenvalue weighted by Gasteiger charge is 2.20. The molecule has 70 valence electrons. The van der Waals surface area contributed by atoms with Crippen molar-refractivity contribution >= 4 is 15.8 Å². The molecule has 1 aliphatic rings. The molecular formula is C8H10N2O2S. The van der Waals surface area contributed by atoms with Gasteiger partial charge in [0.2, 0.25) is 10.0 Å². The fourth-order valence-corrected chi connectivity index (χ4v) is 2.38. The topological polar surface area (TPSA) is 59.1 Å². The number of rotatable bonds is 0. The lowest BCUT2D eigenvalue weighted by molar-refractivity contribution is 0.598. The molecule has 0 radical (unpaired) electrons. The van der Waals surface area contributed by atoms with E-state index in [1.807, 2.05) is 19.1 Å². The van der Waals surface area contributed by atoms with Crippen LogP contribution in [-0.4, -0.2) is 19.2 Å². The van der Waals surface area contributed by atoms with Gasteiger partial charge < -0.3 is 0 Å². The molecule has 0 spiro atoms. The first kappa shape index (κ1) is 8.50. The highest BCUT2D eigenvalue weighted by atomic mass is 32.2. The van der Waals surface area contributed by atoms with E-state index in [0.29, 0.717) is 12.2 Å². The Morgan fingerprint density at radius 1 is 1.46 bits per heavy atom. The van der Waals surface area contributed by atoms with Crippen molar-refractivity contribution in [3.8, 4) is 0 Å². The molecule has 0 bridgehead atoms. The Balaban J connectivity index is 2.50. The van der Waals surface area contributed by atoms with Crippen molar-refractivity contribution in [2.75, 3.05) is 10.5 Å². The van der Waals surface area contributed by atoms with Gasteiger partial charge in [0, 0.05) is 5.69 Å². The molecule has 0 aromatic carbocycles. The van der Waals surface area contributed by atoms with Crippen LogP contribution in [0.1, 0.15) is 11.3 Å². The largest absolute Gasteiger partial charge is 0.267 e. The number of aromatic nitrogens is 1. The zero-order valence-electron chi connectivity index (χ0n) is 7.24. The minimum Gasteiger partial charge on any atom is -0.267 e. The summed E-state index contributed by atoms with van der Waals surface area (Å²) in [6.07, 6.45) is 0.554. The van der Waals surface area contributed by atoms with Crippen molar-refractivity contribution in [3.05, 3.63) is 23.4 Å². The van der Waals surface area contributed by atoms with Crippen molar-refractivity contribution in [1.82, 2.24) is 4.98 Å². The molecule has 1 aliphatic heterocycles. The van der Waals surface area contributed by atoms with E-state index in [9.17, 15) is 8.42 Å². The zero-order chi connectivity index (χ0) is 9.47. The van der Waals surface area contributed by atoms with E-state index < -0.39 is 10.0 Å². The van der Waals surface area contributed by atoms with E-state index in [0.717, 1.165) is 11.3 Å². The van der Waals surface area contributed by atoms with Gasteiger partial charge in [-0.15, -0.1) is 0 Å². The van der Waals surface area contributed by atoms with Crippen molar-refractivity contribution in [1.29, 1.82) is 0 Å². The van der Waals surface area contributed by atoms with E-state index in [-0.39, 0.29) is 5.75 Å². The molecule has 0 fully saturated rings. The second-order valence-corrected chi connectivity index (χ2v) is 4.97. The fourth-order valence-electron chi connectivity index (χ4n) is 1.32. The van der Waals surface area contributed by atoms with Crippen LogP contribution in [0, 0.1) is 6.92 Å². The van der Waals surface area contributed by atoms with Gasteiger partial charge in [-0.05, 0) is 25.0 Å². The second-order valence-electron chi connectivity index (χ2n) is 3.13. The summed E-state index contributed by atoms with van der Waals surface area (Å²) in [5, 5.41) is 0. The van der Waals surface area contributed by atoms with E-state index in [1.165, 1.54) is 0 Å². The molecule has 5 heteroatoms. The highest BCUT2D eigenvalue weighted by molar-refractivity contribution is 7.92. The van der Waals surface area contributed by atoms with Crippen molar-refractivity contribution in [2.45, 2.75) is 13.3 Å². The Morgan fingerprint density at radius 3 is 3.00 bits per heavy atom. The third-order valence-corrected chi connectivity index (χ3v) is 3.26. The number of nitrogens with zero attached hydrogens (tertiary/aromatic N) is 1. The Labute approximate surface area is 77.1 Å².